The number of benzene rings is 2. The van der Waals surface area contributed by atoms with Crippen LogP contribution in [0.2, 0.25) is 0 Å². The van der Waals surface area contributed by atoms with E-state index in [2.05, 4.69) is 24.1 Å². The average molecular weight is 360 g/mol. The van der Waals surface area contributed by atoms with Gasteiger partial charge >= 0.3 is 0 Å². The monoisotopic (exact) mass is 360 g/mol. The van der Waals surface area contributed by atoms with Gasteiger partial charge in [0.1, 0.15) is 0 Å². The molecule has 5 nitrogen and oxygen atoms in total. The van der Waals surface area contributed by atoms with Crippen molar-refractivity contribution < 1.29 is 13.2 Å². The first kappa shape index (κ1) is 19.1. The Labute approximate surface area is 149 Å². The molecule has 0 radical (unpaired) electrons. The standard InChI is InChI=1S/C19H24N2O3S/c1-14(2)13-16-9-11-17(12-10-16)15(3)19(22)20-21-25(23,24)18-7-5-4-6-8-18/h4-12,14-15,21H,13H2,1-3H3,(H,20,22). The molecule has 1 amide bonds. The summed E-state index contributed by atoms with van der Waals surface area (Å²) < 4.78 is 24.2. The quantitative estimate of drug-likeness (QED) is 0.745. The predicted molar refractivity (Wildman–Crippen MR) is 98.3 cm³/mol. The molecule has 0 heterocycles. The van der Waals surface area contributed by atoms with Gasteiger partial charge < -0.3 is 0 Å². The fourth-order valence-electron chi connectivity index (χ4n) is 2.45. The number of carbonyl (C=O) groups excluding carboxylic acids is 1. The van der Waals surface area contributed by atoms with E-state index in [0.29, 0.717) is 5.92 Å². The second-order valence-corrected chi connectivity index (χ2v) is 8.15. The first-order chi connectivity index (χ1) is 11.8. The van der Waals surface area contributed by atoms with Gasteiger partial charge in [0.05, 0.1) is 10.8 Å². The summed E-state index contributed by atoms with van der Waals surface area (Å²) in [7, 11) is -3.77. The molecule has 1 atom stereocenters. The molecule has 25 heavy (non-hydrogen) atoms. The van der Waals surface area contributed by atoms with E-state index in [0.717, 1.165) is 12.0 Å². The van der Waals surface area contributed by atoms with Gasteiger partial charge in [-0.25, -0.2) is 8.42 Å². The number of rotatable bonds is 7. The van der Waals surface area contributed by atoms with Gasteiger partial charge in [0, 0.05) is 0 Å². The molecular formula is C19H24N2O3S. The highest BCUT2D eigenvalue weighted by atomic mass is 32.2. The Hall–Kier alpha value is -2.18. The van der Waals surface area contributed by atoms with E-state index in [4.69, 9.17) is 0 Å². The molecule has 2 aromatic carbocycles. The van der Waals surface area contributed by atoms with E-state index >= 15 is 0 Å². The number of hydrazine groups is 1. The number of nitrogens with one attached hydrogen (secondary N) is 2. The summed E-state index contributed by atoms with van der Waals surface area (Å²) in [6.07, 6.45) is 0.984. The van der Waals surface area contributed by atoms with Gasteiger partial charge in [-0.3, -0.25) is 10.2 Å². The van der Waals surface area contributed by atoms with Crippen LogP contribution in [0.4, 0.5) is 0 Å². The number of amides is 1. The van der Waals surface area contributed by atoms with Crippen LogP contribution in [-0.4, -0.2) is 14.3 Å². The lowest BCUT2D eigenvalue weighted by atomic mass is 9.96. The third kappa shape index (κ3) is 5.41. The van der Waals surface area contributed by atoms with Crippen molar-refractivity contribution in [3.63, 3.8) is 0 Å². The molecule has 0 aromatic heterocycles. The summed E-state index contributed by atoms with van der Waals surface area (Å²) in [5, 5.41) is 0. The SMILES string of the molecule is CC(C)Cc1ccc(C(C)C(=O)NNS(=O)(=O)c2ccccc2)cc1. The Kier molecular flexibility index (Phi) is 6.33. The van der Waals surface area contributed by atoms with Crippen LogP contribution in [0.25, 0.3) is 0 Å². The third-order valence-electron chi connectivity index (χ3n) is 3.88. The van der Waals surface area contributed by atoms with Crippen molar-refractivity contribution in [1.29, 1.82) is 0 Å². The Morgan fingerprint density at radius 3 is 2.12 bits per heavy atom. The fraction of sp³-hybridized carbons (Fsp3) is 0.316. The minimum absolute atomic E-state index is 0.0981. The molecule has 0 aliphatic heterocycles. The van der Waals surface area contributed by atoms with E-state index < -0.39 is 21.8 Å². The normalized spacial score (nSPS) is 12.8. The first-order valence-electron chi connectivity index (χ1n) is 8.25. The molecule has 0 bridgehead atoms. The van der Waals surface area contributed by atoms with Crippen molar-refractivity contribution in [3.8, 4) is 0 Å². The maximum absolute atomic E-state index is 12.2. The zero-order valence-corrected chi connectivity index (χ0v) is 15.5. The van der Waals surface area contributed by atoms with Crippen molar-refractivity contribution in [2.45, 2.75) is 38.0 Å². The second kappa shape index (κ2) is 8.27. The molecule has 2 aromatic rings. The van der Waals surface area contributed by atoms with Gasteiger partial charge in [0.25, 0.3) is 10.0 Å². The lowest BCUT2D eigenvalue weighted by Gasteiger charge is -2.14. The molecule has 1 unspecified atom stereocenters. The number of carbonyl (C=O) groups is 1. The smallest absolute Gasteiger partial charge is 0.257 e. The van der Waals surface area contributed by atoms with Crippen molar-refractivity contribution in [2.75, 3.05) is 0 Å². The largest absolute Gasteiger partial charge is 0.277 e. The molecule has 6 heteroatoms. The van der Waals surface area contributed by atoms with Crippen LogP contribution in [0, 0.1) is 5.92 Å². The minimum atomic E-state index is -3.77. The summed E-state index contributed by atoms with van der Waals surface area (Å²) in [5.74, 6) is -0.304. The summed E-state index contributed by atoms with van der Waals surface area (Å²) in [6, 6.07) is 15.7. The highest BCUT2D eigenvalue weighted by Crippen LogP contribution is 2.17. The van der Waals surface area contributed by atoms with Gasteiger partial charge in [-0.05, 0) is 42.5 Å². The van der Waals surface area contributed by atoms with Crippen LogP contribution >= 0.6 is 0 Å². The predicted octanol–water partition coefficient (Wildman–Crippen LogP) is 3.00. The molecule has 134 valence electrons. The van der Waals surface area contributed by atoms with E-state index in [-0.39, 0.29) is 4.90 Å². The van der Waals surface area contributed by atoms with E-state index in [9.17, 15) is 13.2 Å². The molecule has 0 saturated carbocycles. The Morgan fingerprint density at radius 2 is 1.56 bits per heavy atom. The number of hydrogen-bond donors (Lipinski definition) is 2. The molecule has 0 fully saturated rings. The van der Waals surface area contributed by atoms with Crippen LogP contribution in [0.15, 0.2) is 59.5 Å². The van der Waals surface area contributed by atoms with Crippen LogP contribution in [-0.2, 0) is 21.2 Å². The van der Waals surface area contributed by atoms with Crippen molar-refractivity contribution in [1.82, 2.24) is 10.3 Å². The summed E-state index contributed by atoms with van der Waals surface area (Å²) in [6.45, 7) is 6.05. The summed E-state index contributed by atoms with van der Waals surface area (Å²) in [4.78, 5) is 14.5. The number of sulfonamides is 1. The molecule has 0 spiro atoms. The van der Waals surface area contributed by atoms with Crippen LogP contribution in [0.5, 0.6) is 0 Å². The van der Waals surface area contributed by atoms with Gasteiger partial charge in [0.15, 0.2) is 0 Å². The highest BCUT2D eigenvalue weighted by molar-refractivity contribution is 7.89. The molecule has 2 rings (SSSR count). The van der Waals surface area contributed by atoms with E-state index in [1.807, 2.05) is 24.3 Å². The Bertz CT molecular complexity index is 800. The molecule has 0 aliphatic carbocycles. The second-order valence-electron chi connectivity index (χ2n) is 6.47. The van der Waals surface area contributed by atoms with Gasteiger partial charge in [-0.2, -0.15) is 0 Å². The zero-order valence-electron chi connectivity index (χ0n) is 14.7. The molecule has 0 aliphatic rings. The minimum Gasteiger partial charge on any atom is -0.277 e. The molecule has 0 saturated heterocycles. The first-order valence-corrected chi connectivity index (χ1v) is 9.73. The van der Waals surface area contributed by atoms with Gasteiger partial charge in [0.2, 0.25) is 5.91 Å². The van der Waals surface area contributed by atoms with Gasteiger partial charge in [-0.15, -0.1) is 4.83 Å². The maximum atomic E-state index is 12.2. The Balaban J connectivity index is 1.98. The van der Waals surface area contributed by atoms with Crippen molar-refractivity contribution in [2.24, 2.45) is 5.92 Å². The molecule has 2 N–H and O–H groups in total. The topological polar surface area (TPSA) is 75.3 Å². The van der Waals surface area contributed by atoms with E-state index in [1.165, 1.54) is 17.7 Å². The van der Waals surface area contributed by atoms with E-state index in [1.54, 1.807) is 25.1 Å². The van der Waals surface area contributed by atoms with Crippen molar-refractivity contribution in [3.05, 3.63) is 65.7 Å². The Morgan fingerprint density at radius 1 is 0.960 bits per heavy atom. The maximum Gasteiger partial charge on any atom is 0.257 e. The van der Waals surface area contributed by atoms with Crippen LogP contribution in [0.1, 0.15) is 37.8 Å². The fourth-order valence-corrected chi connectivity index (χ4v) is 3.32. The lowest BCUT2D eigenvalue weighted by Crippen LogP contribution is -2.43. The highest BCUT2D eigenvalue weighted by Gasteiger charge is 2.19. The lowest BCUT2D eigenvalue weighted by molar-refractivity contribution is -0.122. The summed E-state index contributed by atoms with van der Waals surface area (Å²) >= 11 is 0. The van der Waals surface area contributed by atoms with Crippen LogP contribution < -0.4 is 10.3 Å². The summed E-state index contributed by atoms with van der Waals surface area (Å²) in [5.41, 5.74) is 4.35. The van der Waals surface area contributed by atoms with Crippen LogP contribution in [0.3, 0.4) is 0 Å². The molecular weight excluding hydrogens is 336 g/mol. The number of hydrogen-bond acceptors (Lipinski definition) is 3. The van der Waals surface area contributed by atoms with Gasteiger partial charge in [-0.1, -0.05) is 56.3 Å². The third-order valence-corrected chi connectivity index (χ3v) is 5.14. The average Bonchev–Trinajstić information content (AvgIpc) is 2.60. The zero-order chi connectivity index (χ0) is 18.4. The van der Waals surface area contributed by atoms with Crippen molar-refractivity contribution >= 4 is 15.9 Å².